The summed E-state index contributed by atoms with van der Waals surface area (Å²) in [6, 6.07) is 8.75. The Kier molecular flexibility index (Phi) is 5.18. The number of methoxy groups -OCH3 is 1. The molecule has 0 saturated carbocycles. The summed E-state index contributed by atoms with van der Waals surface area (Å²) in [7, 11) is 1.62. The quantitative estimate of drug-likeness (QED) is 0.853. The molecule has 0 bridgehead atoms. The Labute approximate surface area is 162 Å². The average Bonchev–Trinajstić information content (AvgIpc) is 2.70. The first-order valence-corrected chi connectivity index (χ1v) is 9.36. The van der Waals surface area contributed by atoms with Crippen molar-refractivity contribution in [2.45, 2.75) is 18.9 Å². The predicted molar refractivity (Wildman–Crippen MR) is 106 cm³/mol. The van der Waals surface area contributed by atoms with Crippen LogP contribution in [0, 0.1) is 5.82 Å². The highest BCUT2D eigenvalue weighted by Gasteiger charge is 2.24. The van der Waals surface area contributed by atoms with E-state index in [0.717, 1.165) is 37.2 Å². The number of benzene rings is 2. The van der Waals surface area contributed by atoms with Gasteiger partial charge in [-0.2, -0.15) is 0 Å². The minimum absolute atomic E-state index is 0.0864. The summed E-state index contributed by atoms with van der Waals surface area (Å²) in [6.07, 6.45) is 3.78. The van der Waals surface area contributed by atoms with Gasteiger partial charge in [-0.25, -0.2) is 4.39 Å². The lowest BCUT2D eigenvalue weighted by Gasteiger charge is -2.30. The third-order valence-corrected chi connectivity index (χ3v) is 5.15. The van der Waals surface area contributed by atoms with Crippen LogP contribution in [-0.2, 0) is 0 Å². The largest absolute Gasteiger partial charge is 0.493 e. The van der Waals surface area contributed by atoms with Crippen molar-refractivity contribution in [1.29, 1.82) is 0 Å². The molecule has 2 aromatic carbocycles. The smallest absolute Gasteiger partial charge is 0.165 e. The van der Waals surface area contributed by atoms with E-state index >= 15 is 0 Å². The van der Waals surface area contributed by atoms with Gasteiger partial charge in [-0.15, -0.1) is 0 Å². The summed E-state index contributed by atoms with van der Waals surface area (Å²) in [5.74, 6) is 0.844. The Balaban J connectivity index is 1.73. The van der Waals surface area contributed by atoms with E-state index in [4.69, 9.17) is 21.1 Å². The fourth-order valence-electron chi connectivity index (χ4n) is 3.45. The third-order valence-electron chi connectivity index (χ3n) is 4.86. The van der Waals surface area contributed by atoms with E-state index in [1.54, 1.807) is 30.4 Å². The lowest BCUT2D eigenvalue weighted by atomic mass is 10.1. The van der Waals surface area contributed by atoms with Crippen molar-refractivity contribution in [2.75, 3.05) is 31.8 Å². The van der Waals surface area contributed by atoms with E-state index < -0.39 is 5.82 Å². The normalized spacial score (nSPS) is 16.9. The monoisotopic (exact) mass is 389 g/mol. The molecule has 0 amide bonds. The Morgan fingerprint density at radius 3 is 2.78 bits per heavy atom. The molecule has 2 aliphatic heterocycles. The van der Waals surface area contributed by atoms with Crippen LogP contribution in [0.4, 0.5) is 15.8 Å². The molecule has 142 valence electrons. The molecule has 0 aliphatic carbocycles. The van der Waals surface area contributed by atoms with Crippen LogP contribution in [0.25, 0.3) is 0 Å². The molecule has 2 aromatic rings. The van der Waals surface area contributed by atoms with Crippen LogP contribution >= 0.6 is 11.6 Å². The van der Waals surface area contributed by atoms with Crippen molar-refractivity contribution >= 4 is 29.2 Å². The zero-order valence-corrected chi connectivity index (χ0v) is 15.8. The number of fused-ring (bicyclic) bond motifs is 1. The average molecular weight is 390 g/mol. The standard InChI is InChI=1S/C20H21ClFN3O2/c1-26-18-9-13-11-24-12-25(16-4-2-3-15(21)20(16)22)17(13)10-19(18)27-14-5-7-23-8-6-14/h2-4,9-11,14,23H,5-8,12H2,1H3. The van der Waals surface area contributed by atoms with Crippen molar-refractivity contribution < 1.29 is 13.9 Å². The Morgan fingerprint density at radius 2 is 2.00 bits per heavy atom. The SMILES string of the molecule is COc1cc2c(cc1OC1CCNCC1)N(c1cccc(Cl)c1F)CN=C2. The van der Waals surface area contributed by atoms with Crippen LogP contribution in [0.3, 0.4) is 0 Å². The number of piperidine rings is 1. The summed E-state index contributed by atoms with van der Waals surface area (Å²) in [4.78, 5) is 6.15. The van der Waals surface area contributed by atoms with Gasteiger partial charge in [0.15, 0.2) is 17.3 Å². The molecular formula is C20H21ClFN3O2. The van der Waals surface area contributed by atoms with Gasteiger partial charge in [0.2, 0.25) is 0 Å². The summed E-state index contributed by atoms with van der Waals surface area (Å²) in [5, 5.41) is 3.41. The van der Waals surface area contributed by atoms with E-state index in [2.05, 4.69) is 10.3 Å². The maximum absolute atomic E-state index is 14.6. The van der Waals surface area contributed by atoms with Crippen LogP contribution in [0.5, 0.6) is 11.5 Å². The number of aliphatic imine (C=N–C) groups is 1. The Bertz CT molecular complexity index is 869. The maximum atomic E-state index is 14.6. The van der Waals surface area contributed by atoms with Gasteiger partial charge < -0.3 is 19.7 Å². The first-order chi connectivity index (χ1) is 13.2. The van der Waals surface area contributed by atoms with Crippen molar-refractivity contribution in [1.82, 2.24) is 5.32 Å². The molecule has 1 N–H and O–H groups in total. The van der Waals surface area contributed by atoms with Crippen LogP contribution in [0.2, 0.25) is 5.02 Å². The number of ether oxygens (including phenoxy) is 2. The minimum atomic E-state index is -0.459. The molecule has 0 atom stereocenters. The van der Waals surface area contributed by atoms with Gasteiger partial charge in [0.25, 0.3) is 0 Å². The fourth-order valence-corrected chi connectivity index (χ4v) is 3.62. The maximum Gasteiger partial charge on any atom is 0.165 e. The highest BCUT2D eigenvalue weighted by Crippen LogP contribution is 2.41. The van der Waals surface area contributed by atoms with Crippen molar-refractivity contribution in [3.63, 3.8) is 0 Å². The number of nitrogens with one attached hydrogen (secondary N) is 1. The molecule has 0 spiro atoms. The summed E-state index contributed by atoms with van der Waals surface area (Å²) in [6.45, 7) is 2.18. The van der Waals surface area contributed by atoms with Gasteiger partial charge in [0.1, 0.15) is 12.8 Å². The van der Waals surface area contributed by atoms with Crippen molar-refractivity contribution in [3.8, 4) is 11.5 Å². The van der Waals surface area contributed by atoms with Gasteiger partial charge in [-0.3, -0.25) is 4.99 Å². The number of hydrogen-bond acceptors (Lipinski definition) is 5. The second kappa shape index (κ2) is 7.74. The number of hydrogen-bond donors (Lipinski definition) is 1. The zero-order valence-electron chi connectivity index (χ0n) is 15.0. The summed E-state index contributed by atoms with van der Waals surface area (Å²) in [5.41, 5.74) is 2.05. The van der Waals surface area contributed by atoms with Crippen molar-refractivity contribution in [2.24, 2.45) is 4.99 Å². The van der Waals surface area contributed by atoms with Gasteiger partial charge in [-0.05, 0) is 44.1 Å². The van der Waals surface area contributed by atoms with Crippen LogP contribution in [0.15, 0.2) is 35.3 Å². The fraction of sp³-hybridized carbons (Fsp3) is 0.350. The van der Waals surface area contributed by atoms with Gasteiger partial charge >= 0.3 is 0 Å². The first-order valence-electron chi connectivity index (χ1n) is 8.98. The Hall–Kier alpha value is -2.31. The molecule has 1 saturated heterocycles. The zero-order chi connectivity index (χ0) is 18.8. The number of rotatable bonds is 4. The van der Waals surface area contributed by atoms with E-state index in [1.165, 1.54) is 6.07 Å². The molecule has 4 rings (SSSR count). The highest BCUT2D eigenvalue weighted by molar-refractivity contribution is 6.31. The van der Waals surface area contributed by atoms with Crippen molar-refractivity contribution in [3.05, 3.63) is 46.7 Å². The predicted octanol–water partition coefficient (Wildman–Crippen LogP) is 4.15. The second-order valence-electron chi connectivity index (χ2n) is 6.58. The molecule has 2 heterocycles. The number of nitrogens with zero attached hydrogens (tertiary/aromatic N) is 2. The molecule has 0 aromatic heterocycles. The molecule has 0 unspecified atom stereocenters. The lowest BCUT2D eigenvalue weighted by molar-refractivity contribution is 0.157. The van der Waals surface area contributed by atoms with E-state index in [-0.39, 0.29) is 11.1 Å². The molecule has 5 nitrogen and oxygen atoms in total. The summed E-state index contributed by atoms with van der Waals surface area (Å²) < 4.78 is 26.4. The number of anilines is 2. The lowest BCUT2D eigenvalue weighted by Crippen LogP contribution is -2.34. The topological polar surface area (TPSA) is 46.1 Å². The second-order valence-corrected chi connectivity index (χ2v) is 6.99. The van der Waals surface area contributed by atoms with E-state index in [0.29, 0.717) is 23.9 Å². The molecule has 27 heavy (non-hydrogen) atoms. The molecule has 7 heteroatoms. The van der Waals surface area contributed by atoms with Gasteiger partial charge in [0.05, 0.1) is 23.5 Å². The minimum Gasteiger partial charge on any atom is -0.493 e. The van der Waals surface area contributed by atoms with E-state index in [1.807, 2.05) is 12.1 Å². The highest BCUT2D eigenvalue weighted by atomic mass is 35.5. The van der Waals surface area contributed by atoms with Crippen LogP contribution < -0.4 is 19.7 Å². The van der Waals surface area contributed by atoms with E-state index in [9.17, 15) is 4.39 Å². The molecule has 1 fully saturated rings. The summed E-state index contributed by atoms with van der Waals surface area (Å²) >= 11 is 5.98. The molecule has 0 radical (unpaired) electrons. The number of halogens is 2. The van der Waals surface area contributed by atoms with Gasteiger partial charge in [-0.1, -0.05) is 17.7 Å². The first kappa shape index (κ1) is 18.1. The molecular weight excluding hydrogens is 369 g/mol. The Morgan fingerprint density at radius 1 is 1.19 bits per heavy atom. The van der Waals surface area contributed by atoms with Gasteiger partial charge in [0, 0.05) is 17.8 Å². The molecule has 2 aliphatic rings. The third kappa shape index (κ3) is 3.59. The van der Waals surface area contributed by atoms with Crippen LogP contribution in [0.1, 0.15) is 18.4 Å². The van der Waals surface area contributed by atoms with Crippen LogP contribution in [-0.4, -0.2) is 39.2 Å².